The van der Waals surface area contributed by atoms with Gasteiger partial charge in [-0.15, -0.1) is 0 Å². The van der Waals surface area contributed by atoms with E-state index in [1.807, 2.05) is 0 Å². The molecule has 0 radical (unpaired) electrons. The Labute approximate surface area is 106 Å². The van der Waals surface area contributed by atoms with Gasteiger partial charge in [-0.05, 0) is 27.7 Å². The Balaban J connectivity index is 2.78. The highest BCUT2D eigenvalue weighted by atomic mass is 16.6. The number of hydrogen-bond acceptors (Lipinski definition) is 5. The minimum atomic E-state index is -0.805. The lowest BCUT2D eigenvalue weighted by atomic mass is 10.1. The van der Waals surface area contributed by atoms with E-state index in [-0.39, 0.29) is 0 Å². The van der Waals surface area contributed by atoms with Gasteiger partial charge in [-0.3, -0.25) is 0 Å². The van der Waals surface area contributed by atoms with Crippen LogP contribution in [0.2, 0.25) is 0 Å². The van der Waals surface area contributed by atoms with E-state index in [0.717, 1.165) is 0 Å². The maximum atomic E-state index is 11.6. The molecule has 1 atom stereocenters. The molecule has 0 aliphatic heterocycles. The van der Waals surface area contributed by atoms with Gasteiger partial charge < -0.3 is 14.8 Å². The number of nitrogens with one attached hydrogen (secondary N) is 1. The van der Waals surface area contributed by atoms with E-state index in [1.54, 1.807) is 27.7 Å². The second kappa shape index (κ2) is 5.57. The van der Waals surface area contributed by atoms with E-state index in [0.29, 0.717) is 17.5 Å². The van der Waals surface area contributed by atoms with Crippen LogP contribution in [0.1, 0.15) is 38.1 Å². The number of rotatable bonds is 3. The van der Waals surface area contributed by atoms with Crippen LogP contribution in [0.25, 0.3) is 0 Å². The van der Waals surface area contributed by atoms with Gasteiger partial charge in [0.15, 0.2) is 0 Å². The van der Waals surface area contributed by atoms with Crippen molar-refractivity contribution >= 4 is 12.4 Å². The van der Waals surface area contributed by atoms with Crippen LogP contribution in [0, 0.1) is 6.92 Å². The number of aromatic nitrogens is 2. The van der Waals surface area contributed by atoms with E-state index in [2.05, 4.69) is 15.3 Å². The van der Waals surface area contributed by atoms with Crippen molar-refractivity contribution in [3.05, 3.63) is 23.8 Å². The highest BCUT2D eigenvalue weighted by Crippen LogP contribution is 2.14. The van der Waals surface area contributed by atoms with E-state index in [9.17, 15) is 9.59 Å². The molecule has 98 valence electrons. The molecule has 0 aliphatic rings. The summed E-state index contributed by atoms with van der Waals surface area (Å²) in [6.45, 7) is 6.99. The van der Waals surface area contributed by atoms with Crippen LogP contribution in [-0.2, 0) is 9.53 Å². The lowest BCUT2D eigenvalue weighted by Gasteiger charge is -2.21. The molecule has 18 heavy (non-hydrogen) atoms. The third-order valence-corrected chi connectivity index (χ3v) is 2.09. The molecule has 1 amide bonds. The third kappa shape index (κ3) is 4.12. The summed E-state index contributed by atoms with van der Waals surface area (Å²) in [5.74, 6) is 0. The van der Waals surface area contributed by atoms with Gasteiger partial charge in [-0.1, -0.05) is 0 Å². The number of hydrogen-bond donors (Lipinski definition) is 1. The molecule has 0 bridgehead atoms. The molecule has 1 heterocycles. The van der Waals surface area contributed by atoms with Gasteiger partial charge >= 0.3 is 6.09 Å². The maximum Gasteiger partial charge on any atom is 0.408 e. The molecule has 6 heteroatoms. The predicted molar refractivity (Wildman–Crippen MR) is 64.9 cm³/mol. The van der Waals surface area contributed by atoms with Crippen molar-refractivity contribution in [3.8, 4) is 0 Å². The standard InChI is InChI=1S/C12H17N3O3/c1-8-9(5-13-7-14-8)10(6-16)15-11(17)18-12(2,3)4/h5-7,10H,1-4H3,(H,15,17). The van der Waals surface area contributed by atoms with Crippen molar-refractivity contribution in [2.45, 2.75) is 39.3 Å². The van der Waals surface area contributed by atoms with Gasteiger partial charge in [0.05, 0.1) is 0 Å². The molecule has 1 aromatic heterocycles. The minimum Gasteiger partial charge on any atom is -0.444 e. The predicted octanol–water partition coefficient (Wildman–Crippen LogP) is 1.55. The van der Waals surface area contributed by atoms with Gasteiger partial charge in [0, 0.05) is 17.5 Å². The molecular weight excluding hydrogens is 234 g/mol. The second-order valence-electron chi connectivity index (χ2n) is 4.82. The zero-order valence-electron chi connectivity index (χ0n) is 10.9. The van der Waals surface area contributed by atoms with Gasteiger partial charge in [-0.2, -0.15) is 0 Å². The first-order chi connectivity index (χ1) is 8.33. The topological polar surface area (TPSA) is 81.2 Å². The highest BCUT2D eigenvalue weighted by Gasteiger charge is 2.21. The molecule has 1 unspecified atom stereocenters. The van der Waals surface area contributed by atoms with Crippen LogP contribution in [-0.4, -0.2) is 27.9 Å². The fourth-order valence-corrected chi connectivity index (χ4v) is 1.33. The summed E-state index contributed by atoms with van der Waals surface area (Å²) in [7, 11) is 0. The fourth-order valence-electron chi connectivity index (χ4n) is 1.33. The average molecular weight is 251 g/mol. The zero-order valence-corrected chi connectivity index (χ0v) is 10.9. The van der Waals surface area contributed by atoms with E-state index in [4.69, 9.17) is 4.74 Å². The van der Waals surface area contributed by atoms with Gasteiger partial charge in [0.25, 0.3) is 0 Å². The largest absolute Gasteiger partial charge is 0.444 e. The van der Waals surface area contributed by atoms with Crippen molar-refractivity contribution in [2.75, 3.05) is 0 Å². The number of alkyl carbamates (subject to hydrolysis) is 1. The summed E-state index contributed by atoms with van der Waals surface area (Å²) < 4.78 is 5.08. The number of aryl methyl sites for hydroxylation is 1. The third-order valence-electron chi connectivity index (χ3n) is 2.09. The van der Waals surface area contributed by atoms with E-state index < -0.39 is 17.7 Å². The molecule has 1 rings (SSSR count). The number of carbonyl (C=O) groups excluding carboxylic acids is 2. The summed E-state index contributed by atoms with van der Waals surface area (Å²) in [5.41, 5.74) is 0.580. The van der Waals surface area contributed by atoms with E-state index >= 15 is 0 Å². The molecule has 0 saturated heterocycles. The number of carbonyl (C=O) groups is 2. The molecule has 6 nitrogen and oxygen atoms in total. The second-order valence-corrected chi connectivity index (χ2v) is 4.82. The first-order valence-corrected chi connectivity index (χ1v) is 5.55. The Kier molecular flexibility index (Phi) is 4.36. The number of ether oxygens (including phenoxy) is 1. The Morgan fingerprint density at radius 2 is 2.17 bits per heavy atom. The van der Waals surface area contributed by atoms with Crippen molar-refractivity contribution in [3.63, 3.8) is 0 Å². The van der Waals surface area contributed by atoms with Crippen LogP contribution in [0.15, 0.2) is 12.5 Å². The number of amides is 1. The lowest BCUT2D eigenvalue weighted by molar-refractivity contribution is -0.109. The summed E-state index contributed by atoms with van der Waals surface area (Å²) >= 11 is 0. The summed E-state index contributed by atoms with van der Waals surface area (Å²) in [5, 5.41) is 2.47. The summed E-state index contributed by atoms with van der Waals surface area (Å²) in [6, 6.07) is -0.805. The number of nitrogens with zero attached hydrogens (tertiary/aromatic N) is 2. The summed E-state index contributed by atoms with van der Waals surface area (Å²) in [4.78, 5) is 30.4. The Bertz CT molecular complexity index is 440. The molecular formula is C12H17N3O3. The van der Waals surface area contributed by atoms with Crippen LogP contribution < -0.4 is 5.32 Å². The normalized spacial score (nSPS) is 12.7. The van der Waals surface area contributed by atoms with Crippen molar-refractivity contribution in [1.29, 1.82) is 0 Å². The fraction of sp³-hybridized carbons (Fsp3) is 0.500. The molecule has 0 saturated carbocycles. The maximum absolute atomic E-state index is 11.6. The van der Waals surface area contributed by atoms with Crippen LogP contribution in [0.5, 0.6) is 0 Å². The molecule has 1 aromatic rings. The average Bonchev–Trinajstić information content (AvgIpc) is 2.24. The van der Waals surface area contributed by atoms with Gasteiger partial charge in [0.2, 0.25) is 0 Å². The molecule has 0 aliphatic carbocycles. The van der Waals surface area contributed by atoms with E-state index in [1.165, 1.54) is 12.5 Å². The molecule has 0 fully saturated rings. The Hall–Kier alpha value is -1.98. The SMILES string of the molecule is Cc1ncncc1C(C=O)NC(=O)OC(C)(C)C. The Morgan fingerprint density at radius 1 is 1.50 bits per heavy atom. The zero-order chi connectivity index (χ0) is 13.8. The van der Waals surface area contributed by atoms with Gasteiger partial charge in [-0.25, -0.2) is 14.8 Å². The first-order valence-electron chi connectivity index (χ1n) is 5.55. The molecule has 0 aromatic carbocycles. The molecule has 1 N–H and O–H groups in total. The smallest absolute Gasteiger partial charge is 0.408 e. The van der Waals surface area contributed by atoms with Crippen molar-refractivity contribution in [1.82, 2.24) is 15.3 Å². The summed E-state index contributed by atoms with van der Waals surface area (Å²) in [6.07, 6.45) is 2.85. The molecule has 0 spiro atoms. The lowest BCUT2D eigenvalue weighted by Crippen LogP contribution is -2.35. The quantitative estimate of drug-likeness (QED) is 0.824. The monoisotopic (exact) mass is 251 g/mol. The van der Waals surface area contributed by atoms with Gasteiger partial charge in [0.1, 0.15) is 24.3 Å². The Morgan fingerprint density at radius 3 is 2.67 bits per heavy atom. The minimum absolute atomic E-state index is 0.554. The van der Waals surface area contributed by atoms with Crippen LogP contribution in [0.4, 0.5) is 4.79 Å². The van der Waals surface area contributed by atoms with Crippen LogP contribution in [0.3, 0.4) is 0 Å². The van der Waals surface area contributed by atoms with Crippen molar-refractivity contribution < 1.29 is 14.3 Å². The van der Waals surface area contributed by atoms with Crippen molar-refractivity contribution in [2.24, 2.45) is 0 Å². The van der Waals surface area contributed by atoms with Crippen LogP contribution >= 0.6 is 0 Å². The first kappa shape index (κ1) is 14.1. The highest BCUT2D eigenvalue weighted by molar-refractivity contribution is 5.74. The number of aldehydes is 1.